The second-order valence-electron chi connectivity index (χ2n) is 10.8. The average molecular weight is 503 g/mol. The second-order valence-corrected chi connectivity index (χ2v) is 10.8. The van der Waals surface area contributed by atoms with Gasteiger partial charge in [0.2, 0.25) is 0 Å². The van der Waals surface area contributed by atoms with Crippen LogP contribution in [-0.2, 0) is 5.41 Å². The molecule has 4 heteroatoms. The van der Waals surface area contributed by atoms with Gasteiger partial charge in [0.15, 0.2) is 5.82 Å². The highest BCUT2D eigenvalue weighted by Crippen LogP contribution is 2.48. The van der Waals surface area contributed by atoms with Crippen molar-refractivity contribution in [1.29, 1.82) is 0 Å². The third-order valence-electron chi connectivity index (χ3n) is 8.12. The quantitative estimate of drug-likeness (QED) is 0.243. The van der Waals surface area contributed by atoms with E-state index in [2.05, 4.69) is 120 Å². The lowest BCUT2D eigenvalue weighted by Crippen LogP contribution is -2.15. The lowest BCUT2D eigenvalue weighted by molar-refractivity contribution is 0.644. The van der Waals surface area contributed by atoms with Gasteiger partial charge in [-0.15, -0.1) is 0 Å². The Kier molecular flexibility index (Phi) is 4.54. The van der Waals surface area contributed by atoms with E-state index in [1.807, 2.05) is 24.3 Å². The largest absolute Gasteiger partial charge is 0.298 e. The lowest BCUT2D eigenvalue weighted by Gasteiger charge is -2.18. The minimum atomic E-state index is -0.0996. The molecular weight excluding hydrogens is 476 g/mol. The van der Waals surface area contributed by atoms with E-state index < -0.39 is 0 Å². The number of aromatic nitrogens is 4. The molecule has 0 aliphatic carbocycles. The van der Waals surface area contributed by atoms with Crippen LogP contribution in [0, 0.1) is 0 Å². The molecule has 7 aromatic rings. The van der Waals surface area contributed by atoms with Gasteiger partial charge in [0, 0.05) is 39.1 Å². The summed E-state index contributed by atoms with van der Waals surface area (Å²) in [6.45, 7) is 4.64. The summed E-state index contributed by atoms with van der Waals surface area (Å²) < 4.78 is 4.77. The normalized spacial score (nSPS) is 13.6. The first-order valence-corrected chi connectivity index (χ1v) is 13.4. The zero-order chi connectivity index (χ0) is 26.1. The van der Waals surface area contributed by atoms with E-state index in [1.165, 1.54) is 27.7 Å². The molecule has 4 aromatic carbocycles. The molecule has 0 saturated heterocycles. The predicted molar refractivity (Wildman–Crippen MR) is 159 cm³/mol. The molecule has 0 unspecified atom stereocenters. The van der Waals surface area contributed by atoms with Crippen molar-refractivity contribution < 1.29 is 0 Å². The smallest absolute Gasteiger partial charge is 0.162 e. The summed E-state index contributed by atoms with van der Waals surface area (Å²) in [7, 11) is 0. The van der Waals surface area contributed by atoms with E-state index >= 15 is 0 Å². The van der Waals surface area contributed by atoms with Crippen LogP contribution in [0.4, 0.5) is 0 Å². The van der Waals surface area contributed by atoms with Crippen LogP contribution < -0.4 is 0 Å². The predicted octanol–water partition coefficient (Wildman–Crippen LogP) is 8.34. The maximum Gasteiger partial charge on any atom is 0.162 e. The standard InChI is InChI=1S/C35H26N4/c1-35(2)27-18-10-12-20-30(27)38-31(35)21-26-25-17-9-11-19-29(25)39(34(26)38)32-22-28(23-13-5-3-6-14-23)36-33(37-32)24-15-7-4-8-16-24/h3-22H,1-2H3. The van der Waals surface area contributed by atoms with Crippen molar-refractivity contribution in [3.8, 4) is 34.2 Å². The van der Waals surface area contributed by atoms with E-state index in [4.69, 9.17) is 9.97 Å². The van der Waals surface area contributed by atoms with E-state index in [0.29, 0.717) is 5.82 Å². The number of hydrogen-bond donors (Lipinski definition) is 0. The Hall–Kier alpha value is -4.96. The molecule has 0 spiro atoms. The summed E-state index contributed by atoms with van der Waals surface area (Å²) in [5.74, 6) is 1.57. The Morgan fingerprint density at radius 2 is 1.26 bits per heavy atom. The molecule has 0 amide bonds. The third kappa shape index (κ3) is 3.12. The van der Waals surface area contributed by atoms with E-state index in [9.17, 15) is 0 Å². The topological polar surface area (TPSA) is 35.6 Å². The average Bonchev–Trinajstić information content (AvgIpc) is 3.60. The maximum absolute atomic E-state index is 5.21. The first-order chi connectivity index (χ1) is 19.1. The Morgan fingerprint density at radius 1 is 0.590 bits per heavy atom. The monoisotopic (exact) mass is 502 g/mol. The van der Waals surface area contributed by atoms with Gasteiger partial charge in [-0.2, -0.15) is 0 Å². The highest BCUT2D eigenvalue weighted by Gasteiger charge is 2.38. The Morgan fingerprint density at radius 3 is 2.05 bits per heavy atom. The van der Waals surface area contributed by atoms with Gasteiger partial charge in [0.25, 0.3) is 0 Å². The molecule has 0 saturated carbocycles. The molecule has 39 heavy (non-hydrogen) atoms. The van der Waals surface area contributed by atoms with Crippen molar-refractivity contribution in [2.24, 2.45) is 0 Å². The Bertz CT molecular complexity index is 1970. The van der Waals surface area contributed by atoms with Crippen molar-refractivity contribution in [2.45, 2.75) is 19.3 Å². The zero-order valence-electron chi connectivity index (χ0n) is 21.8. The van der Waals surface area contributed by atoms with Crippen molar-refractivity contribution in [2.75, 3.05) is 0 Å². The molecule has 8 rings (SSSR count). The van der Waals surface area contributed by atoms with Crippen LogP contribution in [0.25, 0.3) is 56.1 Å². The van der Waals surface area contributed by atoms with Crippen LogP contribution in [0.3, 0.4) is 0 Å². The molecule has 4 nitrogen and oxygen atoms in total. The molecule has 3 aromatic heterocycles. The van der Waals surface area contributed by atoms with Crippen LogP contribution in [0.5, 0.6) is 0 Å². The molecule has 4 heterocycles. The molecule has 0 N–H and O–H groups in total. The molecule has 1 aliphatic heterocycles. The number of nitrogens with zero attached hydrogens (tertiary/aromatic N) is 4. The van der Waals surface area contributed by atoms with Crippen LogP contribution in [-0.4, -0.2) is 19.1 Å². The maximum atomic E-state index is 5.21. The molecule has 0 fully saturated rings. The summed E-state index contributed by atoms with van der Waals surface area (Å²) in [5.41, 5.74) is 9.02. The van der Waals surface area contributed by atoms with Gasteiger partial charge in [-0.25, -0.2) is 9.97 Å². The van der Waals surface area contributed by atoms with E-state index in [-0.39, 0.29) is 5.41 Å². The van der Waals surface area contributed by atoms with Gasteiger partial charge in [-0.1, -0.05) is 111 Å². The summed E-state index contributed by atoms with van der Waals surface area (Å²) in [5, 5.41) is 2.47. The Labute approximate surface area is 226 Å². The van der Waals surface area contributed by atoms with E-state index in [1.54, 1.807) is 0 Å². The SMILES string of the molecule is CC1(C)c2ccccc2-n2c1cc1c3ccccc3n(-c3cc(-c4ccccc4)nc(-c4ccccc4)n3)c12. The number of hydrogen-bond acceptors (Lipinski definition) is 2. The van der Waals surface area contributed by atoms with Gasteiger partial charge in [-0.05, 0) is 23.8 Å². The first kappa shape index (κ1) is 22.1. The van der Waals surface area contributed by atoms with Gasteiger partial charge in [0.05, 0.1) is 16.9 Å². The number of para-hydroxylation sites is 2. The summed E-state index contributed by atoms with van der Waals surface area (Å²) in [6.07, 6.45) is 0. The molecule has 0 bridgehead atoms. The third-order valence-corrected chi connectivity index (χ3v) is 8.12. The fraction of sp³-hybridized carbons (Fsp3) is 0.0857. The summed E-state index contributed by atoms with van der Waals surface area (Å²) in [4.78, 5) is 10.2. The van der Waals surface area contributed by atoms with E-state index in [0.717, 1.165) is 33.8 Å². The van der Waals surface area contributed by atoms with Crippen LogP contribution in [0.2, 0.25) is 0 Å². The van der Waals surface area contributed by atoms with Crippen molar-refractivity contribution in [3.05, 3.63) is 133 Å². The fourth-order valence-electron chi connectivity index (χ4n) is 6.22. The summed E-state index contributed by atoms with van der Waals surface area (Å²) >= 11 is 0. The molecule has 0 atom stereocenters. The highest BCUT2D eigenvalue weighted by molar-refractivity contribution is 6.10. The second kappa shape index (κ2) is 8.02. The highest BCUT2D eigenvalue weighted by atomic mass is 15.2. The number of rotatable bonds is 3. The van der Waals surface area contributed by atoms with Crippen molar-refractivity contribution in [3.63, 3.8) is 0 Å². The van der Waals surface area contributed by atoms with Gasteiger partial charge < -0.3 is 0 Å². The minimum Gasteiger partial charge on any atom is -0.298 e. The van der Waals surface area contributed by atoms with Crippen molar-refractivity contribution >= 4 is 21.9 Å². The molecule has 186 valence electrons. The molecular formula is C35H26N4. The zero-order valence-corrected chi connectivity index (χ0v) is 21.8. The van der Waals surface area contributed by atoms with Crippen LogP contribution in [0.15, 0.2) is 121 Å². The Balaban J connectivity index is 1.50. The van der Waals surface area contributed by atoms with Crippen LogP contribution in [0.1, 0.15) is 25.1 Å². The first-order valence-electron chi connectivity index (χ1n) is 13.4. The van der Waals surface area contributed by atoms with Crippen molar-refractivity contribution in [1.82, 2.24) is 19.1 Å². The number of benzene rings is 4. The molecule has 0 radical (unpaired) electrons. The molecule has 1 aliphatic rings. The lowest BCUT2D eigenvalue weighted by atomic mass is 9.83. The summed E-state index contributed by atoms with van der Waals surface area (Å²) in [6, 6.07) is 42.5. The van der Waals surface area contributed by atoms with Gasteiger partial charge >= 0.3 is 0 Å². The van der Waals surface area contributed by atoms with Gasteiger partial charge in [-0.3, -0.25) is 9.13 Å². The fourth-order valence-corrected chi connectivity index (χ4v) is 6.22. The van der Waals surface area contributed by atoms with Gasteiger partial charge in [0.1, 0.15) is 11.5 Å². The minimum absolute atomic E-state index is 0.0996. The van der Waals surface area contributed by atoms with Crippen LogP contribution >= 0.6 is 0 Å². The number of fused-ring (bicyclic) bond motifs is 7.